The quantitative estimate of drug-likeness (QED) is 0.916. The fourth-order valence-electron chi connectivity index (χ4n) is 1.71. The Morgan fingerprint density at radius 2 is 2.17 bits per heavy atom. The summed E-state index contributed by atoms with van der Waals surface area (Å²) in [6, 6.07) is 3.45. The molecule has 2 rings (SSSR count). The van der Waals surface area contributed by atoms with Gasteiger partial charge in [-0.1, -0.05) is 6.07 Å². The van der Waals surface area contributed by atoms with E-state index in [1.54, 1.807) is 11.3 Å². The summed E-state index contributed by atoms with van der Waals surface area (Å²) in [5.41, 5.74) is 1.40. The molecule has 0 saturated carbocycles. The zero-order valence-electron chi connectivity index (χ0n) is 10.2. The van der Waals surface area contributed by atoms with Crippen molar-refractivity contribution in [2.75, 3.05) is 0 Å². The van der Waals surface area contributed by atoms with Gasteiger partial charge in [0.2, 0.25) is 0 Å². The highest BCUT2D eigenvalue weighted by atomic mass is 32.1. The van der Waals surface area contributed by atoms with Gasteiger partial charge in [-0.05, 0) is 19.9 Å². The van der Waals surface area contributed by atoms with Gasteiger partial charge < -0.3 is 5.32 Å². The third kappa shape index (κ3) is 3.11. The van der Waals surface area contributed by atoms with Crippen LogP contribution >= 0.6 is 11.3 Å². The van der Waals surface area contributed by atoms with Crippen LogP contribution in [0.2, 0.25) is 0 Å². The molecule has 1 N–H and O–H groups in total. The molecular weight excluding hydrogens is 254 g/mol. The van der Waals surface area contributed by atoms with Crippen LogP contribution in [0.5, 0.6) is 0 Å². The number of rotatable bonds is 4. The Kier molecular flexibility index (Phi) is 4.04. The zero-order chi connectivity index (χ0) is 13.1. The van der Waals surface area contributed by atoms with Crippen LogP contribution in [0.4, 0.5) is 8.78 Å². The highest BCUT2D eigenvalue weighted by Crippen LogP contribution is 2.18. The summed E-state index contributed by atoms with van der Waals surface area (Å²) >= 11 is 1.58. The van der Waals surface area contributed by atoms with Gasteiger partial charge in [0.25, 0.3) is 0 Å². The summed E-state index contributed by atoms with van der Waals surface area (Å²) in [5, 5.41) is 6.15. The molecule has 0 radical (unpaired) electrons. The molecule has 0 aliphatic rings. The molecule has 0 saturated heterocycles. The number of aryl methyl sites for hydroxylation is 1. The minimum Gasteiger partial charge on any atom is -0.304 e. The molecule has 1 atom stereocenters. The predicted octanol–water partition coefficient (Wildman–Crippen LogP) is 3.58. The number of aromatic nitrogens is 1. The first-order valence-electron chi connectivity index (χ1n) is 5.65. The first-order valence-corrected chi connectivity index (χ1v) is 6.53. The third-order valence-corrected chi connectivity index (χ3v) is 3.51. The predicted molar refractivity (Wildman–Crippen MR) is 68.5 cm³/mol. The topological polar surface area (TPSA) is 24.9 Å². The van der Waals surface area contributed by atoms with Crippen molar-refractivity contribution in [3.63, 3.8) is 0 Å². The lowest BCUT2D eigenvalue weighted by Crippen LogP contribution is -2.19. The van der Waals surface area contributed by atoms with Gasteiger partial charge in [-0.15, -0.1) is 11.3 Å². The maximum atomic E-state index is 13.5. The summed E-state index contributed by atoms with van der Waals surface area (Å²) in [7, 11) is 0. The van der Waals surface area contributed by atoms with Crippen LogP contribution in [0, 0.1) is 18.6 Å². The van der Waals surface area contributed by atoms with Gasteiger partial charge >= 0.3 is 0 Å². The SMILES string of the molecule is Cc1nc(CNC(C)c2ccc(F)cc2F)cs1. The fraction of sp³-hybridized carbons (Fsp3) is 0.308. The van der Waals surface area contributed by atoms with Gasteiger partial charge in [0.1, 0.15) is 11.6 Å². The standard InChI is InChI=1S/C13H14F2N2S/c1-8(12-4-3-10(14)5-13(12)15)16-6-11-7-18-9(2)17-11/h3-5,7-8,16H,6H2,1-2H3. The summed E-state index contributed by atoms with van der Waals surface area (Å²) < 4.78 is 26.3. The maximum Gasteiger partial charge on any atom is 0.130 e. The van der Waals surface area contributed by atoms with E-state index < -0.39 is 11.6 Å². The van der Waals surface area contributed by atoms with Crippen molar-refractivity contribution in [2.24, 2.45) is 0 Å². The molecule has 0 bridgehead atoms. The van der Waals surface area contributed by atoms with E-state index in [1.807, 2.05) is 19.2 Å². The average Bonchev–Trinajstić information content (AvgIpc) is 2.72. The molecule has 0 aliphatic carbocycles. The summed E-state index contributed by atoms with van der Waals surface area (Å²) in [4.78, 5) is 4.32. The Hall–Kier alpha value is -1.33. The molecule has 1 heterocycles. The van der Waals surface area contributed by atoms with E-state index in [-0.39, 0.29) is 6.04 Å². The lowest BCUT2D eigenvalue weighted by molar-refractivity contribution is 0.515. The number of benzene rings is 1. The van der Waals surface area contributed by atoms with Crippen molar-refractivity contribution in [3.05, 3.63) is 51.5 Å². The van der Waals surface area contributed by atoms with Crippen molar-refractivity contribution < 1.29 is 8.78 Å². The maximum absolute atomic E-state index is 13.5. The normalized spacial score (nSPS) is 12.7. The van der Waals surface area contributed by atoms with E-state index in [0.29, 0.717) is 12.1 Å². The summed E-state index contributed by atoms with van der Waals surface area (Å²) in [5.74, 6) is -1.08. The Labute approximate surface area is 109 Å². The van der Waals surface area contributed by atoms with Crippen molar-refractivity contribution in [1.82, 2.24) is 10.3 Å². The van der Waals surface area contributed by atoms with E-state index in [1.165, 1.54) is 12.1 Å². The van der Waals surface area contributed by atoms with Gasteiger partial charge in [0.15, 0.2) is 0 Å². The van der Waals surface area contributed by atoms with E-state index in [0.717, 1.165) is 16.8 Å². The van der Waals surface area contributed by atoms with Crippen molar-refractivity contribution in [1.29, 1.82) is 0 Å². The highest BCUT2D eigenvalue weighted by molar-refractivity contribution is 7.09. The Balaban J connectivity index is 2.01. The number of thiazole rings is 1. The van der Waals surface area contributed by atoms with Gasteiger partial charge in [0, 0.05) is 29.6 Å². The smallest absolute Gasteiger partial charge is 0.130 e. The van der Waals surface area contributed by atoms with Gasteiger partial charge in [-0.3, -0.25) is 0 Å². The highest BCUT2D eigenvalue weighted by Gasteiger charge is 2.11. The van der Waals surface area contributed by atoms with Crippen LogP contribution in [-0.2, 0) is 6.54 Å². The van der Waals surface area contributed by atoms with Gasteiger partial charge in [0.05, 0.1) is 10.7 Å². The number of halogens is 2. The molecule has 1 aromatic carbocycles. The molecule has 2 aromatic rings. The van der Waals surface area contributed by atoms with Crippen LogP contribution in [0.3, 0.4) is 0 Å². The molecule has 0 spiro atoms. The third-order valence-electron chi connectivity index (χ3n) is 2.68. The van der Waals surface area contributed by atoms with E-state index >= 15 is 0 Å². The number of hydrogen-bond donors (Lipinski definition) is 1. The molecular formula is C13H14F2N2S. The number of hydrogen-bond acceptors (Lipinski definition) is 3. The van der Waals surface area contributed by atoms with Crippen LogP contribution in [0.1, 0.15) is 29.2 Å². The van der Waals surface area contributed by atoms with Crippen molar-refractivity contribution >= 4 is 11.3 Å². The molecule has 96 valence electrons. The Bertz CT molecular complexity index is 540. The largest absolute Gasteiger partial charge is 0.304 e. The molecule has 18 heavy (non-hydrogen) atoms. The minimum atomic E-state index is -0.557. The molecule has 5 heteroatoms. The molecule has 1 unspecified atom stereocenters. The molecule has 0 fully saturated rings. The fourth-order valence-corrected chi connectivity index (χ4v) is 2.32. The number of nitrogens with one attached hydrogen (secondary N) is 1. The minimum absolute atomic E-state index is 0.187. The lowest BCUT2D eigenvalue weighted by Gasteiger charge is -2.14. The first kappa shape index (κ1) is 13.1. The summed E-state index contributed by atoms with van der Waals surface area (Å²) in [6.45, 7) is 4.36. The Morgan fingerprint density at radius 1 is 1.39 bits per heavy atom. The Morgan fingerprint density at radius 3 is 2.78 bits per heavy atom. The molecule has 1 aromatic heterocycles. The van der Waals surface area contributed by atoms with Gasteiger partial charge in [-0.25, -0.2) is 13.8 Å². The van der Waals surface area contributed by atoms with E-state index in [2.05, 4.69) is 10.3 Å². The lowest BCUT2D eigenvalue weighted by atomic mass is 10.1. The molecule has 0 aliphatic heterocycles. The van der Waals surface area contributed by atoms with Gasteiger partial charge in [-0.2, -0.15) is 0 Å². The van der Waals surface area contributed by atoms with Crippen LogP contribution in [0.15, 0.2) is 23.6 Å². The van der Waals surface area contributed by atoms with Crippen molar-refractivity contribution in [2.45, 2.75) is 26.4 Å². The van der Waals surface area contributed by atoms with E-state index in [4.69, 9.17) is 0 Å². The zero-order valence-corrected chi connectivity index (χ0v) is 11.0. The summed E-state index contributed by atoms with van der Waals surface area (Å²) in [6.07, 6.45) is 0. The van der Waals surface area contributed by atoms with Crippen molar-refractivity contribution in [3.8, 4) is 0 Å². The molecule has 2 nitrogen and oxygen atoms in total. The second-order valence-electron chi connectivity index (χ2n) is 4.13. The number of nitrogens with zero attached hydrogens (tertiary/aromatic N) is 1. The second-order valence-corrected chi connectivity index (χ2v) is 5.19. The molecule has 0 amide bonds. The first-order chi connectivity index (χ1) is 8.56. The average molecular weight is 268 g/mol. The van der Waals surface area contributed by atoms with Crippen LogP contribution in [0.25, 0.3) is 0 Å². The monoisotopic (exact) mass is 268 g/mol. The van der Waals surface area contributed by atoms with E-state index in [9.17, 15) is 8.78 Å². The van der Waals surface area contributed by atoms with Crippen LogP contribution < -0.4 is 5.32 Å². The second kappa shape index (κ2) is 5.54. The van der Waals surface area contributed by atoms with Crippen LogP contribution in [-0.4, -0.2) is 4.98 Å².